The predicted octanol–water partition coefficient (Wildman–Crippen LogP) is 3.89. The number of H-pyrrole nitrogens is 1. The lowest BCUT2D eigenvalue weighted by Gasteiger charge is -2.24. The largest absolute Gasteiger partial charge is 0.495 e. The Morgan fingerprint density at radius 3 is 2.66 bits per heavy atom. The number of carbonyl (C=O) groups is 2. The van der Waals surface area contributed by atoms with Crippen molar-refractivity contribution in [1.82, 2.24) is 9.97 Å². The number of fused-ring (bicyclic) bond motifs is 1. The van der Waals surface area contributed by atoms with Crippen molar-refractivity contribution in [3.63, 3.8) is 0 Å². The molecular formula is C21H17Cl2N5O4. The smallest absolute Gasteiger partial charge is 0.258 e. The van der Waals surface area contributed by atoms with Crippen LogP contribution in [0.25, 0.3) is 0 Å². The number of amides is 2. The van der Waals surface area contributed by atoms with E-state index in [4.69, 9.17) is 27.9 Å². The lowest BCUT2D eigenvalue weighted by molar-refractivity contribution is -0.123. The number of carbonyl (C=O) groups excluding carboxylic acids is 2. The van der Waals surface area contributed by atoms with E-state index in [1.54, 1.807) is 42.5 Å². The van der Waals surface area contributed by atoms with Gasteiger partial charge >= 0.3 is 0 Å². The molecule has 4 N–H and O–H groups in total. The molecule has 0 saturated heterocycles. The third-order valence-electron chi connectivity index (χ3n) is 4.84. The Bertz CT molecular complexity index is 1280. The van der Waals surface area contributed by atoms with E-state index < -0.39 is 23.3 Å². The molecule has 0 spiro atoms. The first-order valence-corrected chi connectivity index (χ1v) is 10.2. The summed E-state index contributed by atoms with van der Waals surface area (Å²) in [4.78, 5) is 45.0. The minimum atomic E-state index is -1.06. The van der Waals surface area contributed by atoms with Crippen molar-refractivity contribution < 1.29 is 14.3 Å². The number of para-hydroxylation sites is 2. The fourth-order valence-electron chi connectivity index (χ4n) is 3.35. The molecule has 0 bridgehead atoms. The van der Waals surface area contributed by atoms with Gasteiger partial charge in [-0.05, 0) is 24.3 Å². The van der Waals surface area contributed by atoms with Crippen LogP contribution in [-0.4, -0.2) is 28.9 Å². The summed E-state index contributed by atoms with van der Waals surface area (Å²) >= 11 is 12.1. The number of rotatable bonds is 5. The fourth-order valence-corrected chi connectivity index (χ4v) is 3.70. The Balaban J connectivity index is 1.66. The highest BCUT2D eigenvalue weighted by atomic mass is 35.5. The van der Waals surface area contributed by atoms with Crippen LogP contribution in [0.5, 0.6) is 5.75 Å². The normalized spacial score (nSPS) is 14.8. The standard InChI is InChI=1S/C21H17Cl2N5O4/c1-32-14-8-3-2-6-12(14)25-21-27-18-16(20(31)28-21)10(9-15(29)26-18)19(30)24-13-7-4-5-11(22)17(13)23/h2-8,10H,9H2,1H3,(H,24,30)(H3,25,26,27,28,29,31)/t10-/m1/s1. The Hall–Kier alpha value is -3.56. The molecule has 32 heavy (non-hydrogen) atoms. The zero-order chi connectivity index (χ0) is 22.8. The molecule has 0 saturated carbocycles. The van der Waals surface area contributed by atoms with Crippen LogP contribution in [0.15, 0.2) is 47.3 Å². The highest BCUT2D eigenvalue weighted by Crippen LogP contribution is 2.34. The van der Waals surface area contributed by atoms with E-state index in [1.165, 1.54) is 7.11 Å². The molecule has 1 aliphatic heterocycles. The van der Waals surface area contributed by atoms with Gasteiger partial charge in [-0.2, -0.15) is 4.98 Å². The fraction of sp³-hybridized carbons (Fsp3) is 0.143. The van der Waals surface area contributed by atoms with Crippen molar-refractivity contribution >= 4 is 58.2 Å². The average Bonchev–Trinajstić information content (AvgIpc) is 2.76. The van der Waals surface area contributed by atoms with E-state index in [-0.39, 0.29) is 39.5 Å². The molecule has 2 aromatic carbocycles. The average molecular weight is 474 g/mol. The maximum absolute atomic E-state index is 12.9. The van der Waals surface area contributed by atoms with Gasteiger partial charge in [0.05, 0.1) is 40.0 Å². The van der Waals surface area contributed by atoms with Gasteiger partial charge in [-0.3, -0.25) is 19.4 Å². The van der Waals surface area contributed by atoms with Gasteiger partial charge in [0.2, 0.25) is 17.8 Å². The van der Waals surface area contributed by atoms with E-state index in [1.807, 2.05) is 0 Å². The molecule has 1 aliphatic rings. The van der Waals surface area contributed by atoms with Crippen LogP contribution in [-0.2, 0) is 9.59 Å². The first-order valence-electron chi connectivity index (χ1n) is 9.46. The molecule has 11 heteroatoms. The van der Waals surface area contributed by atoms with Crippen molar-refractivity contribution in [1.29, 1.82) is 0 Å². The summed E-state index contributed by atoms with van der Waals surface area (Å²) in [5.74, 6) is -1.48. The van der Waals surface area contributed by atoms with Crippen molar-refractivity contribution in [2.45, 2.75) is 12.3 Å². The van der Waals surface area contributed by atoms with Crippen LogP contribution in [0.4, 0.5) is 23.1 Å². The van der Waals surface area contributed by atoms with Crippen molar-refractivity contribution in [2.75, 3.05) is 23.1 Å². The van der Waals surface area contributed by atoms with Crippen LogP contribution < -0.4 is 26.2 Å². The zero-order valence-electron chi connectivity index (χ0n) is 16.7. The summed E-state index contributed by atoms with van der Waals surface area (Å²) in [6, 6.07) is 11.8. The second-order valence-corrected chi connectivity index (χ2v) is 7.68. The number of aromatic nitrogens is 2. The molecule has 1 atom stereocenters. The van der Waals surface area contributed by atoms with Crippen LogP contribution in [0.2, 0.25) is 10.0 Å². The summed E-state index contributed by atoms with van der Waals surface area (Å²) in [7, 11) is 1.51. The van der Waals surface area contributed by atoms with E-state index in [0.717, 1.165) is 0 Å². The minimum Gasteiger partial charge on any atom is -0.495 e. The Morgan fingerprint density at radius 2 is 1.88 bits per heavy atom. The minimum absolute atomic E-state index is 0.000242. The van der Waals surface area contributed by atoms with Gasteiger partial charge in [0, 0.05) is 6.42 Å². The molecule has 0 aliphatic carbocycles. The van der Waals surface area contributed by atoms with Crippen molar-refractivity contribution in [3.05, 3.63) is 68.4 Å². The number of benzene rings is 2. The monoisotopic (exact) mass is 473 g/mol. The summed E-state index contributed by atoms with van der Waals surface area (Å²) < 4.78 is 5.28. The number of hydrogen-bond acceptors (Lipinski definition) is 6. The van der Waals surface area contributed by atoms with Crippen LogP contribution in [0, 0.1) is 0 Å². The molecule has 0 unspecified atom stereocenters. The first kappa shape index (κ1) is 21.7. The summed E-state index contributed by atoms with van der Waals surface area (Å²) in [5.41, 5.74) is 0.316. The zero-order valence-corrected chi connectivity index (χ0v) is 18.2. The number of methoxy groups -OCH3 is 1. The molecule has 0 radical (unpaired) electrons. The van der Waals surface area contributed by atoms with Gasteiger partial charge in [-0.1, -0.05) is 41.4 Å². The van der Waals surface area contributed by atoms with Crippen molar-refractivity contribution in [3.8, 4) is 5.75 Å². The molecule has 9 nitrogen and oxygen atoms in total. The van der Waals surface area contributed by atoms with Gasteiger partial charge in [-0.15, -0.1) is 0 Å². The number of hydrogen-bond donors (Lipinski definition) is 4. The van der Waals surface area contributed by atoms with Crippen molar-refractivity contribution in [2.24, 2.45) is 0 Å². The number of nitrogens with zero attached hydrogens (tertiary/aromatic N) is 1. The molecule has 3 aromatic rings. The Morgan fingerprint density at radius 1 is 1.12 bits per heavy atom. The van der Waals surface area contributed by atoms with E-state index in [2.05, 4.69) is 25.9 Å². The van der Waals surface area contributed by atoms with E-state index in [0.29, 0.717) is 11.4 Å². The SMILES string of the molecule is COc1ccccc1Nc1nc2c(c(=O)[nH]1)[C@H](C(=O)Nc1cccc(Cl)c1Cl)CC(=O)N2. The molecule has 2 amide bonds. The number of aromatic amines is 1. The van der Waals surface area contributed by atoms with Gasteiger partial charge in [0.1, 0.15) is 11.6 Å². The van der Waals surface area contributed by atoms with Gasteiger partial charge < -0.3 is 20.7 Å². The number of halogens is 2. The second-order valence-electron chi connectivity index (χ2n) is 6.90. The molecule has 164 valence electrons. The van der Waals surface area contributed by atoms with E-state index in [9.17, 15) is 14.4 Å². The molecule has 4 rings (SSSR count). The third-order valence-corrected chi connectivity index (χ3v) is 5.66. The van der Waals surface area contributed by atoms with Gasteiger partial charge in [0.15, 0.2) is 0 Å². The lowest BCUT2D eigenvalue weighted by Crippen LogP contribution is -2.36. The number of nitrogens with one attached hydrogen (secondary N) is 4. The lowest BCUT2D eigenvalue weighted by atomic mass is 9.92. The summed E-state index contributed by atoms with van der Waals surface area (Å²) in [6.07, 6.45) is -0.221. The highest BCUT2D eigenvalue weighted by molar-refractivity contribution is 6.44. The number of ether oxygens (including phenoxy) is 1. The highest BCUT2D eigenvalue weighted by Gasteiger charge is 2.35. The molecule has 0 fully saturated rings. The first-order chi connectivity index (χ1) is 15.4. The summed E-state index contributed by atoms with van der Waals surface area (Å²) in [5, 5.41) is 8.56. The topological polar surface area (TPSA) is 125 Å². The van der Waals surface area contributed by atoms with Crippen LogP contribution in [0.3, 0.4) is 0 Å². The maximum atomic E-state index is 12.9. The van der Waals surface area contributed by atoms with Crippen LogP contribution >= 0.6 is 23.2 Å². The van der Waals surface area contributed by atoms with Crippen LogP contribution in [0.1, 0.15) is 17.9 Å². The molecular weight excluding hydrogens is 457 g/mol. The molecule has 2 heterocycles. The quantitative estimate of drug-likeness (QED) is 0.445. The predicted molar refractivity (Wildman–Crippen MR) is 122 cm³/mol. The van der Waals surface area contributed by atoms with Gasteiger partial charge in [-0.25, -0.2) is 0 Å². The molecule has 1 aromatic heterocycles. The Kier molecular flexibility index (Phi) is 6.02. The second kappa shape index (κ2) is 8.89. The maximum Gasteiger partial charge on any atom is 0.258 e. The Labute approximate surface area is 192 Å². The third kappa shape index (κ3) is 4.25. The number of anilines is 4. The van der Waals surface area contributed by atoms with Gasteiger partial charge in [0.25, 0.3) is 5.56 Å². The van der Waals surface area contributed by atoms with E-state index >= 15 is 0 Å². The summed E-state index contributed by atoms with van der Waals surface area (Å²) in [6.45, 7) is 0.